The largest absolute Gasteiger partial charge is 0.497 e. The van der Waals surface area contributed by atoms with Gasteiger partial charge in [0.15, 0.2) is 6.61 Å². The number of carbonyl (C=O) groups excluding carboxylic acids is 3. The predicted octanol–water partition coefficient (Wildman–Crippen LogP) is 4.92. The third-order valence-electron chi connectivity index (χ3n) is 5.87. The van der Waals surface area contributed by atoms with E-state index in [1.807, 2.05) is 6.07 Å². The van der Waals surface area contributed by atoms with Crippen molar-refractivity contribution in [1.29, 1.82) is 0 Å². The molecule has 8 nitrogen and oxygen atoms in total. The molecule has 0 saturated carbocycles. The van der Waals surface area contributed by atoms with Crippen LogP contribution in [-0.2, 0) is 38.3 Å². The van der Waals surface area contributed by atoms with Gasteiger partial charge in [0.05, 0.1) is 31.5 Å². The molecule has 0 aliphatic heterocycles. The van der Waals surface area contributed by atoms with Gasteiger partial charge in [-0.05, 0) is 56.7 Å². The number of esters is 2. The van der Waals surface area contributed by atoms with Crippen LogP contribution < -0.4 is 10.1 Å². The fourth-order valence-corrected chi connectivity index (χ4v) is 5.59. The summed E-state index contributed by atoms with van der Waals surface area (Å²) in [6, 6.07) is 5.33. The van der Waals surface area contributed by atoms with Gasteiger partial charge < -0.3 is 23.9 Å². The minimum Gasteiger partial charge on any atom is -0.497 e. The van der Waals surface area contributed by atoms with E-state index in [9.17, 15) is 14.4 Å². The number of hydrogen-bond donors (Lipinski definition) is 1. The third-order valence-corrected chi connectivity index (χ3v) is 7.04. The Labute approximate surface area is 207 Å². The van der Waals surface area contributed by atoms with Crippen molar-refractivity contribution in [2.24, 2.45) is 5.92 Å². The van der Waals surface area contributed by atoms with Gasteiger partial charge in [-0.2, -0.15) is 0 Å². The number of methoxy groups -OCH3 is 1. The molecule has 1 aliphatic carbocycles. The normalized spacial score (nSPS) is 15.1. The van der Waals surface area contributed by atoms with Crippen LogP contribution in [0.3, 0.4) is 0 Å². The lowest BCUT2D eigenvalue weighted by Gasteiger charge is -2.18. The van der Waals surface area contributed by atoms with Crippen LogP contribution in [0.25, 0.3) is 11.0 Å². The Balaban J connectivity index is 1.40. The number of thiophene rings is 1. The van der Waals surface area contributed by atoms with Gasteiger partial charge in [0.2, 0.25) is 0 Å². The molecule has 0 bridgehead atoms. The first-order chi connectivity index (χ1) is 16.7. The number of nitrogens with one attached hydrogen (secondary N) is 1. The van der Waals surface area contributed by atoms with Gasteiger partial charge in [-0.1, -0.05) is 6.92 Å². The summed E-state index contributed by atoms with van der Waals surface area (Å²) < 4.78 is 21.3. The number of furan rings is 1. The lowest BCUT2D eigenvalue weighted by atomic mass is 9.88. The molecular formula is C26H29NO7S. The van der Waals surface area contributed by atoms with Crippen molar-refractivity contribution in [1.82, 2.24) is 0 Å². The van der Waals surface area contributed by atoms with Crippen LogP contribution in [0.4, 0.5) is 5.00 Å². The summed E-state index contributed by atoms with van der Waals surface area (Å²) >= 11 is 1.40. The lowest BCUT2D eigenvalue weighted by molar-refractivity contribution is -0.146. The fraction of sp³-hybridized carbons (Fsp3) is 0.423. The molecule has 2 heterocycles. The Bertz CT molecular complexity index is 1260. The third kappa shape index (κ3) is 5.67. The number of anilines is 1. The Kier molecular flexibility index (Phi) is 7.45. The highest BCUT2D eigenvalue weighted by Gasteiger charge is 2.29. The average Bonchev–Trinajstić information content (AvgIpc) is 3.37. The molecule has 35 heavy (non-hydrogen) atoms. The quantitative estimate of drug-likeness (QED) is 0.439. The van der Waals surface area contributed by atoms with Crippen molar-refractivity contribution in [2.45, 2.75) is 52.6 Å². The maximum atomic E-state index is 12.8. The smallest absolute Gasteiger partial charge is 0.341 e. The molecule has 0 spiro atoms. The van der Waals surface area contributed by atoms with Gasteiger partial charge in [-0.3, -0.25) is 9.59 Å². The zero-order chi connectivity index (χ0) is 25.1. The molecule has 0 radical (unpaired) electrons. The van der Waals surface area contributed by atoms with Crippen LogP contribution >= 0.6 is 11.3 Å². The number of hydrogen-bond acceptors (Lipinski definition) is 8. The Morgan fingerprint density at radius 3 is 2.80 bits per heavy atom. The van der Waals surface area contributed by atoms with Crippen LogP contribution in [0.5, 0.6) is 5.75 Å². The second-order valence-electron chi connectivity index (χ2n) is 9.02. The molecule has 4 rings (SSSR count). The number of fused-ring (bicyclic) bond motifs is 2. The van der Waals surface area contributed by atoms with E-state index in [4.69, 9.17) is 18.6 Å². The standard InChI is InChI=1S/C26H29NO7S/c1-14(2)34-26(30)24-19-7-5-15(3)9-21(19)35-25(24)27-22(28)13-33-23(29)10-16-12-32-20-11-17(31-4)6-8-18(16)20/h6,8,11-12,14-15H,5,7,9-10,13H2,1-4H3,(H,27,28). The van der Waals surface area contributed by atoms with Gasteiger partial charge in [-0.15, -0.1) is 11.3 Å². The van der Waals surface area contributed by atoms with Crippen LogP contribution in [0, 0.1) is 5.92 Å². The van der Waals surface area contributed by atoms with E-state index in [-0.39, 0.29) is 12.5 Å². The highest BCUT2D eigenvalue weighted by molar-refractivity contribution is 7.17. The molecule has 2 aromatic heterocycles. The van der Waals surface area contributed by atoms with Crippen LogP contribution in [0.2, 0.25) is 0 Å². The topological polar surface area (TPSA) is 104 Å². The van der Waals surface area contributed by atoms with Gasteiger partial charge in [0, 0.05) is 21.9 Å². The average molecular weight is 500 g/mol. The van der Waals surface area contributed by atoms with Crippen molar-refractivity contribution in [2.75, 3.05) is 19.0 Å². The maximum absolute atomic E-state index is 12.8. The molecule has 1 aromatic carbocycles. The van der Waals surface area contributed by atoms with E-state index in [1.54, 1.807) is 33.1 Å². The summed E-state index contributed by atoms with van der Waals surface area (Å²) in [4.78, 5) is 38.9. The van der Waals surface area contributed by atoms with E-state index < -0.39 is 24.5 Å². The number of carbonyl (C=O) groups is 3. The SMILES string of the molecule is COc1ccc2c(CC(=O)OCC(=O)Nc3sc4c(c3C(=O)OC(C)C)CCC(C)C4)coc2c1. The molecule has 0 saturated heterocycles. The van der Waals surface area contributed by atoms with Crippen LogP contribution in [0.15, 0.2) is 28.9 Å². The summed E-state index contributed by atoms with van der Waals surface area (Å²) in [5.41, 5.74) is 2.63. The molecule has 9 heteroatoms. The minimum atomic E-state index is -0.558. The van der Waals surface area contributed by atoms with Crippen molar-refractivity contribution in [3.8, 4) is 5.75 Å². The van der Waals surface area contributed by atoms with Crippen molar-refractivity contribution in [3.63, 3.8) is 0 Å². The summed E-state index contributed by atoms with van der Waals surface area (Å²) in [7, 11) is 1.57. The molecule has 1 amide bonds. The van der Waals surface area contributed by atoms with Crippen molar-refractivity contribution < 1.29 is 33.0 Å². The number of rotatable bonds is 8. The Morgan fingerprint density at radius 2 is 2.06 bits per heavy atom. The molecule has 1 unspecified atom stereocenters. The second-order valence-corrected chi connectivity index (χ2v) is 10.1. The minimum absolute atomic E-state index is 0.0379. The lowest BCUT2D eigenvalue weighted by Crippen LogP contribution is -2.23. The van der Waals surface area contributed by atoms with Crippen molar-refractivity contribution >= 4 is 45.2 Å². The van der Waals surface area contributed by atoms with E-state index in [1.165, 1.54) is 17.6 Å². The van der Waals surface area contributed by atoms with E-state index in [0.717, 1.165) is 35.1 Å². The van der Waals surface area contributed by atoms with E-state index >= 15 is 0 Å². The van der Waals surface area contributed by atoms with Gasteiger partial charge in [-0.25, -0.2) is 4.79 Å². The highest BCUT2D eigenvalue weighted by Crippen LogP contribution is 2.40. The van der Waals surface area contributed by atoms with Crippen LogP contribution in [0.1, 0.15) is 53.6 Å². The van der Waals surface area contributed by atoms with E-state index in [0.29, 0.717) is 33.4 Å². The molecule has 1 atom stereocenters. The Hall–Kier alpha value is -3.33. The summed E-state index contributed by atoms with van der Waals surface area (Å²) in [5, 5.41) is 3.99. The predicted molar refractivity (Wildman–Crippen MR) is 132 cm³/mol. The summed E-state index contributed by atoms with van der Waals surface area (Å²) in [6.45, 7) is 5.29. The molecule has 0 fully saturated rings. The zero-order valence-electron chi connectivity index (χ0n) is 20.3. The van der Waals surface area contributed by atoms with Gasteiger partial charge >= 0.3 is 11.9 Å². The first kappa shape index (κ1) is 24.8. The fourth-order valence-electron chi connectivity index (χ4n) is 4.17. The molecule has 3 aromatic rings. The maximum Gasteiger partial charge on any atom is 0.341 e. The Morgan fingerprint density at radius 1 is 1.26 bits per heavy atom. The molecular weight excluding hydrogens is 470 g/mol. The summed E-state index contributed by atoms with van der Waals surface area (Å²) in [5.74, 6) is -0.343. The highest BCUT2D eigenvalue weighted by atomic mass is 32.1. The first-order valence-electron chi connectivity index (χ1n) is 11.6. The summed E-state index contributed by atoms with van der Waals surface area (Å²) in [6.07, 6.45) is 3.79. The monoisotopic (exact) mass is 499 g/mol. The van der Waals surface area contributed by atoms with Crippen molar-refractivity contribution in [3.05, 3.63) is 46.0 Å². The van der Waals surface area contributed by atoms with Gasteiger partial charge in [0.1, 0.15) is 16.3 Å². The number of amides is 1. The van der Waals surface area contributed by atoms with Gasteiger partial charge in [0.25, 0.3) is 5.91 Å². The second kappa shape index (κ2) is 10.5. The zero-order valence-corrected chi connectivity index (χ0v) is 21.1. The van der Waals surface area contributed by atoms with Crippen LogP contribution in [-0.4, -0.2) is 37.7 Å². The number of ether oxygens (including phenoxy) is 3. The van der Waals surface area contributed by atoms with E-state index in [2.05, 4.69) is 12.2 Å². The molecule has 1 aliphatic rings. The first-order valence-corrected chi connectivity index (χ1v) is 12.4. The molecule has 1 N–H and O–H groups in total. The molecule has 186 valence electrons. The number of benzene rings is 1.